The fourth-order valence-corrected chi connectivity index (χ4v) is 4.62. The average Bonchev–Trinajstić information content (AvgIpc) is 3.26. The number of fused-ring (bicyclic) bond motifs is 1. The molecule has 0 bridgehead atoms. The number of rotatable bonds is 6. The number of nitrogens with zero attached hydrogens (tertiary/aromatic N) is 1. The largest absolute Gasteiger partial charge is 0.486 e. The van der Waals surface area contributed by atoms with Crippen LogP contribution < -0.4 is 20.1 Å². The van der Waals surface area contributed by atoms with Crippen molar-refractivity contribution in [3.8, 4) is 11.5 Å². The number of nitrogens with one attached hydrogen (secondary N) is 2. The summed E-state index contributed by atoms with van der Waals surface area (Å²) in [7, 11) is 0. The smallest absolute Gasteiger partial charge is 0.315 e. The molecule has 2 aliphatic rings. The molecule has 2 N–H and O–H groups in total. The lowest BCUT2D eigenvalue weighted by Gasteiger charge is -2.31. The zero-order valence-electron chi connectivity index (χ0n) is 16.9. The molecular formula is C22H29N3O3S. The van der Waals surface area contributed by atoms with E-state index in [2.05, 4.69) is 33.0 Å². The molecule has 1 aromatic heterocycles. The number of likely N-dealkylation sites (tertiary alicyclic amines) is 1. The number of carbonyl (C=O) groups is 1. The lowest BCUT2D eigenvalue weighted by atomic mass is 9.97. The highest BCUT2D eigenvalue weighted by molar-refractivity contribution is 7.09. The first-order valence-electron chi connectivity index (χ1n) is 10.4. The second-order valence-electron chi connectivity index (χ2n) is 7.78. The molecule has 6 nitrogen and oxygen atoms in total. The summed E-state index contributed by atoms with van der Waals surface area (Å²) in [6.07, 6.45) is 2.26. The molecule has 3 heterocycles. The number of hydrogen-bond donors (Lipinski definition) is 2. The second-order valence-corrected chi connectivity index (χ2v) is 8.81. The Hall–Kier alpha value is -2.25. The third kappa shape index (κ3) is 5.42. The van der Waals surface area contributed by atoms with E-state index in [0.29, 0.717) is 19.1 Å². The van der Waals surface area contributed by atoms with E-state index in [-0.39, 0.29) is 12.1 Å². The zero-order valence-corrected chi connectivity index (χ0v) is 17.7. The molecule has 4 rings (SSSR count). The van der Waals surface area contributed by atoms with Crippen molar-refractivity contribution in [1.29, 1.82) is 0 Å². The number of amides is 2. The SMILES string of the molecule is CC(NC(=O)NCC1CCN(Cc2cccs2)CC1)c1ccc2c(c1)OCCO2. The Balaban J connectivity index is 1.18. The molecule has 0 radical (unpaired) electrons. The van der Waals surface area contributed by atoms with Crippen LogP contribution in [0.15, 0.2) is 35.7 Å². The predicted molar refractivity (Wildman–Crippen MR) is 115 cm³/mol. The Morgan fingerprint density at radius 3 is 2.76 bits per heavy atom. The van der Waals surface area contributed by atoms with Gasteiger partial charge in [0.05, 0.1) is 6.04 Å². The molecular weight excluding hydrogens is 386 g/mol. The van der Waals surface area contributed by atoms with Gasteiger partial charge in [-0.25, -0.2) is 4.79 Å². The number of ether oxygens (including phenoxy) is 2. The fraction of sp³-hybridized carbons (Fsp3) is 0.500. The Morgan fingerprint density at radius 1 is 1.21 bits per heavy atom. The van der Waals surface area contributed by atoms with E-state index in [4.69, 9.17) is 9.47 Å². The fourth-order valence-electron chi connectivity index (χ4n) is 3.87. The van der Waals surface area contributed by atoms with E-state index in [1.165, 1.54) is 4.88 Å². The third-order valence-corrected chi connectivity index (χ3v) is 6.49. The van der Waals surface area contributed by atoms with Crippen LogP contribution in [-0.2, 0) is 6.54 Å². The summed E-state index contributed by atoms with van der Waals surface area (Å²) in [6.45, 7) is 7.09. The van der Waals surface area contributed by atoms with E-state index >= 15 is 0 Å². The lowest BCUT2D eigenvalue weighted by Crippen LogP contribution is -2.42. The highest BCUT2D eigenvalue weighted by atomic mass is 32.1. The Morgan fingerprint density at radius 2 is 2.00 bits per heavy atom. The van der Waals surface area contributed by atoms with Crippen molar-refractivity contribution in [2.75, 3.05) is 32.8 Å². The first-order chi connectivity index (χ1) is 14.2. The molecule has 29 heavy (non-hydrogen) atoms. The summed E-state index contributed by atoms with van der Waals surface area (Å²) in [5.41, 5.74) is 1.01. The molecule has 7 heteroatoms. The summed E-state index contributed by atoms with van der Waals surface area (Å²) in [6, 6.07) is 9.92. The highest BCUT2D eigenvalue weighted by Gasteiger charge is 2.21. The van der Waals surface area contributed by atoms with Crippen molar-refractivity contribution in [3.63, 3.8) is 0 Å². The second kappa shape index (κ2) is 9.50. The normalized spacial score (nSPS) is 18.2. The van der Waals surface area contributed by atoms with Gasteiger partial charge in [-0.1, -0.05) is 12.1 Å². The quantitative estimate of drug-likeness (QED) is 0.754. The van der Waals surface area contributed by atoms with E-state index in [1.807, 2.05) is 36.5 Å². The molecule has 2 aliphatic heterocycles. The summed E-state index contributed by atoms with van der Waals surface area (Å²) in [5, 5.41) is 8.21. The third-order valence-electron chi connectivity index (χ3n) is 5.63. The van der Waals surface area contributed by atoms with E-state index < -0.39 is 0 Å². The molecule has 0 spiro atoms. The molecule has 1 atom stereocenters. The van der Waals surface area contributed by atoms with Crippen molar-refractivity contribution in [1.82, 2.24) is 15.5 Å². The van der Waals surface area contributed by atoms with Gasteiger partial charge >= 0.3 is 6.03 Å². The highest BCUT2D eigenvalue weighted by Crippen LogP contribution is 2.32. The maximum absolute atomic E-state index is 12.3. The standard InChI is InChI=1S/C22H29N3O3S/c1-16(18-4-5-20-21(13-18)28-11-10-27-20)24-22(26)23-14-17-6-8-25(9-7-17)15-19-3-2-12-29-19/h2-5,12-13,16-17H,6-11,14-15H2,1H3,(H2,23,24,26). The monoisotopic (exact) mass is 415 g/mol. The summed E-state index contributed by atoms with van der Waals surface area (Å²) >= 11 is 1.82. The predicted octanol–water partition coefficient (Wildman–Crippen LogP) is 3.79. The zero-order chi connectivity index (χ0) is 20.1. The maximum Gasteiger partial charge on any atom is 0.315 e. The lowest BCUT2D eigenvalue weighted by molar-refractivity contribution is 0.171. The number of piperidine rings is 1. The molecule has 1 aromatic carbocycles. The Labute approximate surface area is 176 Å². The van der Waals surface area contributed by atoms with Gasteiger partial charge in [0.1, 0.15) is 13.2 Å². The van der Waals surface area contributed by atoms with Crippen LogP contribution in [0.5, 0.6) is 11.5 Å². The van der Waals surface area contributed by atoms with Gasteiger partial charge in [-0.05, 0) is 67.9 Å². The van der Waals surface area contributed by atoms with Gasteiger partial charge in [0, 0.05) is 18.0 Å². The van der Waals surface area contributed by atoms with Crippen molar-refractivity contribution in [2.45, 2.75) is 32.4 Å². The van der Waals surface area contributed by atoms with Crippen molar-refractivity contribution < 1.29 is 14.3 Å². The summed E-state index contributed by atoms with van der Waals surface area (Å²) in [4.78, 5) is 16.3. The van der Waals surface area contributed by atoms with Gasteiger partial charge in [0.15, 0.2) is 11.5 Å². The molecule has 0 saturated carbocycles. The van der Waals surface area contributed by atoms with Crippen LogP contribution in [0.4, 0.5) is 4.79 Å². The van der Waals surface area contributed by atoms with Crippen LogP contribution >= 0.6 is 11.3 Å². The molecule has 1 fully saturated rings. The minimum absolute atomic E-state index is 0.0986. The van der Waals surface area contributed by atoms with Gasteiger partial charge in [-0.3, -0.25) is 4.90 Å². The molecule has 0 aliphatic carbocycles. The Bertz CT molecular complexity index is 804. The van der Waals surface area contributed by atoms with Crippen molar-refractivity contribution in [2.24, 2.45) is 5.92 Å². The molecule has 1 unspecified atom stereocenters. The summed E-state index contributed by atoms with van der Waals surface area (Å²) < 4.78 is 11.2. The first kappa shape index (κ1) is 20.0. The van der Waals surface area contributed by atoms with Gasteiger partial charge in [0.2, 0.25) is 0 Å². The number of urea groups is 1. The van der Waals surface area contributed by atoms with Gasteiger partial charge < -0.3 is 20.1 Å². The molecule has 2 aromatic rings. The van der Waals surface area contributed by atoms with Crippen molar-refractivity contribution >= 4 is 17.4 Å². The van der Waals surface area contributed by atoms with Gasteiger partial charge in [-0.2, -0.15) is 0 Å². The summed E-state index contributed by atoms with van der Waals surface area (Å²) in [5.74, 6) is 2.06. The van der Waals surface area contributed by atoms with Gasteiger partial charge in [-0.15, -0.1) is 11.3 Å². The van der Waals surface area contributed by atoms with Crippen LogP contribution in [0.25, 0.3) is 0 Å². The molecule has 1 saturated heterocycles. The number of benzene rings is 1. The average molecular weight is 416 g/mol. The number of carbonyl (C=O) groups excluding carboxylic acids is 1. The maximum atomic E-state index is 12.3. The van der Waals surface area contributed by atoms with Gasteiger partial charge in [0.25, 0.3) is 0 Å². The van der Waals surface area contributed by atoms with Crippen LogP contribution in [0.1, 0.15) is 36.2 Å². The van der Waals surface area contributed by atoms with E-state index in [9.17, 15) is 4.79 Å². The van der Waals surface area contributed by atoms with E-state index in [0.717, 1.165) is 56.1 Å². The number of hydrogen-bond acceptors (Lipinski definition) is 5. The molecule has 156 valence electrons. The number of thiophene rings is 1. The van der Waals surface area contributed by atoms with E-state index in [1.54, 1.807) is 0 Å². The van der Waals surface area contributed by atoms with Crippen LogP contribution in [0.3, 0.4) is 0 Å². The minimum Gasteiger partial charge on any atom is -0.486 e. The van der Waals surface area contributed by atoms with Crippen LogP contribution in [0.2, 0.25) is 0 Å². The van der Waals surface area contributed by atoms with Crippen LogP contribution in [0, 0.1) is 5.92 Å². The first-order valence-corrected chi connectivity index (χ1v) is 11.2. The van der Waals surface area contributed by atoms with Crippen molar-refractivity contribution in [3.05, 3.63) is 46.2 Å². The minimum atomic E-state index is -0.117. The van der Waals surface area contributed by atoms with Crippen LogP contribution in [-0.4, -0.2) is 43.8 Å². The Kier molecular flexibility index (Phi) is 6.56. The topological polar surface area (TPSA) is 62.8 Å². The molecule has 2 amide bonds.